The van der Waals surface area contributed by atoms with Crippen LogP contribution in [0.5, 0.6) is 0 Å². The number of hydrogen-bond acceptors (Lipinski definition) is 16. The van der Waals surface area contributed by atoms with E-state index in [-0.39, 0.29) is 50.9 Å². The van der Waals surface area contributed by atoms with Crippen molar-refractivity contribution in [1.29, 1.82) is 0 Å². The molecular weight excluding hydrogens is 1230 g/mol. The van der Waals surface area contributed by atoms with Gasteiger partial charge in [-0.3, -0.25) is 57.5 Å². The van der Waals surface area contributed by atoms with E-state index in [0.29, 0.717) is 44.8 Å². The van der Waals surface area contributed by atoms with Crippen LogP contribution in [0.25, 0.3) is 10.9 Å². The number of nitrogens with zero attached hydrogens (tertiary/aromatic N) is 2. The highest BCUT2D eigenvalue weighted by molar-refractivity contribution is 7.98. The molecule has 496 valence electrons. The van der Waals surface area contributed by atoms with E-state index in [1.165, 1.54) is 43.1 Å². The molecule has 0 saturated carbocycles. The lowest BCUT2D eigenvalue weighted by Crippen LogP contribution is -2.61. The van der Waals surface area contributed by atoms with Crippen molar-refractivity contribution < 1.29 is 67.7 Å². The maximum Gasteiger partial charge on any atom is 0.305 e. The molecule has 0 spiro atoms. The number of amides is 10. The number of benzene rings is 3. The first kappa shape index (κ1) is 73.4. The lowest BCUT2D eigenvalue weighted by atomic mass is 9.99. The molecule has 0 unspecified atom stereocenters. The molecule has 28 nitrogen and oxygen atoms in total. The van der Waals surface area contributed by atoms with Gasteiger partial charge < -0.3 is 79.1 Å². The summed E-state index contributed by atoms with van der Waals surface area (Å²) in [5.74, 6) is -11.0. The summed E-state index contributed by atoms with van der Waals surface area (Å²) >= 11 is 2.78. The van der Waals surface area contributed by atoms with Gasteiger partial charge in [0.1, 0.15) is 48.3 Å². The van der Waals surface area contributed by atoms with E-state index in [4.69, 9.17) is 11.5 Å². The number of nitrogens with two attached hydrogens (primary N) is 2. The molecule has 10 amide bonds. The molecular formula is C62H82N14O14S2. The number of fused-ring (bicyclic) bond motifs is 1. The summed E-state index contributed by atoms with van der Waals surface area (Å²) < 4.78 is 0. The Morgan fingerprint density at radius 3 is 1.65 bits per heavy atom. The molecule has 5 aromatic rings. The number of aromatic nitrogens is 3. The fourth-order valence-electron chi connectivity index (χ4n) is 9.81. The monoisotopic (exact) mass is 1310 g/mol. The molecule has 2 heterocycles. The number of hydrogen-bond donors (Lipinski definition) is 14. The number of carboxylic acids is 2. The molecule has 0 saturated heterocycles. The first-order valence-electron chi connectivity index (χ1n) is 29.6. The van der Waals surface area contributed by atoms with Crippen LogP contribution in [-0.4, -0.2) is 193 Å². The van der Waals surface area contributed by atoms with Crippen LogP contribution in [0.15, 0.2) is 104 Å². The van der Waals surface area contributed by atoms with Gasteiger partial charge in [0.25, 0.3) is 0 Å². The number of primary amides is 1. The first-order chi connectivity index (χ1) is 43.9. The number of carboxylic acid groups (broad SMARTS) is 2. The molecule has 0 aliphatic heterocycles. The standard InChI is InChI=1S/C62H82N14O14S2/c1-35(2)24-45(57(85)70-43(54(64)82)20-22-91-4)69-51(77)33-67-61(89)50(26-37-16-10-7-11-17-37)76(3)62(90)49(25-36-14-8-6-9-15-36)75-58(86)46(27-38-31-66-42-19-13-12-18-40(38)42)72-60(88)48(30-53(80)81)74-59(87)47(28-39-32-65-34-68-39)73-56(84)44(21-23-92-5)71-55(83)41(63)29-52(78)79/h6-19,31-32,34-35,41,43-50,66H,20-30,33,63H2,1-5H3,(H2,64,82)(H,65,68)(H,67,89)(H,69,77)(H,70,85)(H,71,83)(H,72,88)(H,73,84)(H,74,87)(H,75,86)(H,78,79)(H,80,81)/t41-,43-,44-,45-,46-,47-,48-,49-,50-/m0/s1. The summed E-state index contributed by atoms with van der Waals surface area (Å²) in [5, 5.41) is 40.7. The molecule has 9 atom stereocenters. The minimum atomic E-state index is -1.94. The Balaban J connectivity index is 1.46. The summed E-state index contributed by atoms with van der Waals surface area (Å²) in [6, 6.07) is 11.3. The summed E-state index contributed by atoms with van der Waals surface area (Å²) in [5.41, 5.74) is 14.0. The van der Waals surface area contributed by atoms with Gasteiger partial charge in [-0.2, -0.15) is 23.5 Å². The smallest absolute Gasteiger partial charge is 0.305 e. The van der Waals surface area contributed by atoms with E-state index < -0.39 is 145 Å². The molecule has 0 aliphatic carbocycles. The summed E-state index contributed by atoms with van der Waals surface area (Å²) in [4.78, 5) is 175. The van der Waals surface area contributed by atoms with Crippen LogP contribution >= 0.6 is 23.5 Å². The van der Waals surface area contributed by atoms with Crippen molar-refractivity contribution in [3.05, 3.63) is 126 Å². The van der Waals surface area contributed by atoms with E-state index >= 15 is 9.59 Å². The average Bonchev–Trinajstić information content (AvgIpc) is 3.03. The number of likely N-dealkylation sites (N-methyl/N-ethyl adjacent to an activating group) is 1. The van der Waals surface area contributed by atoms with Gasteiger partial charge in [-0.15, -0.1) is 0 Å². The third-order valence-electron chi connectivity index (χ3n) is 14.7. The van der Waals surface area contributed by atoms with Gasteiger partial charge in [-0.25, -0.2) is 4.98 Å². The zero-order chi connectivity index (χ0) is 67.4. The van der Waals surface area contributed by atoms with Crippen LogP contribution in [-0.2, 0) is 83.2 Å². The molecule has 2 aromatic heterocycles. The number of aromatic amines is 2. The van der Waals surface area contributed by atoms with E-state index in [1.807, 2.05) is 20.1 Å². The van der Waals surface area contributed by atoms with Crippen LogP contribution in [0.2, 0.25) is 0 Å². The fraction of sp³-hybridized carbons (Fsp3) is 0.435. The van der Waals surface area contributed by atoms with Crippen molar-refractivity contribution in [3.63, 3.8) is 0 Å². The maximum absolute atomic E-state index is 15.2. The van der Waals surface area contributed by atoms with Gasteiger partial charge in [0.15, 0.2) is 0 Å². The van der Waals surface area contributed by atoms with Crippen molar-refractivity contribution in [2.24, 2.45) is 17.4 Å². The SMILES string of the molecule is CSCC[C@H](NC(=O)[C@H](CC(C)C)NC(=O)CNC(=O)[C@H](Cc1ccccc1)N(C)C(=O)[C@H](Cc1ccccc1)NC(=O)[C@H](Cc1c[nH]c2ccccc12)NC(=O)[C@H](CC(=O)O)NC(=O)[C@H](Cc1cnc[nH]1)NC(=O)[C@H](CCSC)NC(=O)[C@@H](N)CC(=O)O)C(N)=O. The zero-order valence-electron chi connectivity index (χ0n) is 51.7. The number of carbonyl (C=O) groups is 12. The Morgan fingerprint density at radius 2 is 1.08 bits per heavy atom. The predicted octanol–water partition coefficient (Wildman–Crippen LogP) is -0.187. The number of imidazole rings is 1. The third kappa shape index (κ3) is 23.8. The Bertz CT molecular complexity index is 3320. The van der Waals surface area contributed by atoms with Crippen LogP contribution < -0.4 is 54.0 Å². The van der Waals surface area contributed by atoms with Crippen LogP contribution in [0.1, 0.15) is 68.3 Å². The zero-order valence-corrected chi connectivity index (χ0v) is 53.4. The Labute approximate surface area is 540 Å². The van der Waals surface area contributed by atoms with Gasteiger partial charge in [0.2, 0.25) is 59.1 Å². The number of nitrogens with one attached hydrogen (secondary N) is 10. The summed E-state index contributed by atoms with van der Waals surface area (Å²) in [7, 11) is 1.35. The van der Waals surface area contributed by atoms with Crippen LogP contribution in [0, 0.1) is 5.92 Å². The van der Waals surface area contributed by atoms with Crippen molar-refractivity contribution in [2.45, 2.75) is 126 Å². The quantitative estimate of drug-likeness (QED) is 0.0242. The Hall–Kier alpha value is -9.29. The van der Waals surface area contributed by atoms with E-state index in [2.05, 4.69) is 57.5 Å². The molecule has 30 heteroatoms. The second kappa shape index (κ2) is 37.1. The van der Waals surface area contributed by atoms with Crippen molar-refractivity contribution in [2.75, 3.05) is 37.6 Å². The molecule has 0 bridgehead atoms. The lowest BCUT2D eigenvalue weighted by molar-refractivity contribution is -0.143. The molecule has 16 N–H and O–H groups in total. The third-order valence-corrected chi connectivity index (χ3v) is 16.0. The summed E-state index contributed by atoms with van der Waals surface area (Å²) in [6.07, 6.45) is 5.61. The number of carbonyl (C=O) groups excluding carboxylic acids is 10. The molecule has 92 heavy (non-hydrogen) atoms. The highest BCUT2D eigenvalue weighted by atomic mass is 32.2. The summed E-state index contributed by atoms with van der Waals surface area (Å²) in [6.45, 7) is 3.02. The maximum atomic E-state index is 15.2. The highest BCUT2D eigenvalue weighted by Crippen LogP contribution is 2.21. The van der Waals surface area contributed by atoms with Gasteiger partial charge in [-0.1, -0.05) is 92.7 Å². The normalized spacial score (nSPS) is 14.1. The van der Waals surface area contributed by atoms with E-state index in [1.54, 1.807) is 97.4 Å². The number of H-pyrrole nitrogens is 2. The molecule has 0 radical (unpaired) electrons. The number of para-hydroxylation sites is 1. The topological polar surface area (TPSA) is 441 Å². The number of thioether (sulfide) groups is 2. The lowest BCUT2D eigenvalue weighted by Gasteiger charge is -2.32. The van der Waals surface area contributed by atoms with Crippen LogP contribution in [0.4, 0.5) is 0 Å². The van der Waals surface area contributed by atoms with Crippen molar-refractivity contribution >= 4 is 105 Å². The second-order valence-corrected chi connectivity index (χ2v) is 24.3. The molecule has 0 aliphatic rings. The van der Waals surface area contributed by atoms with Gasteiger partial charge in [-0.05, 0) is 72.0 Å². The van der Waals surface area contributed by atoms with Crippen LogP contribution in [0.3, 0.4) is 0 Å². The second-order valence-electron chi connectivity index (χ2n) is 22.3. The molecule has 3 aromatic carbocycles. The Kier molecular flexibility index (Phi) is 29.7. The van der Waals surface area contributed by atoms with Crippen molar-refractivity contribution in [1.82, 2.24) is 62.4 Å². The van der Waals surface area contributed by atoms with Gasteiger partial charge >= 0.3 is 11.9 Å². The van der Waals surface area contributed by atoms with Gasteiger partial charge in [0, 0.05) is 61.7 Å². The number of aliphatic carboxylic acids is 2. The molecule has 0 fully saturated rings. The number of rotatable bonds is 39. The molecule has 5 rings (SSSR count). The minimum Gasteiger partial charge on any atom is -0.481 e. The van der Waals surface area contributed by atoms with E-state index in [9.17, 15) is 58.2 Å². The minimum absolute atomic E-state index is 0.00369. The fourth-order valence-corrected chi connectivity index (χ4v) is 10.8. The van der Waals surface area contributed by atoms with Crippen molar-refractivity contribution in [3.8, 4) is 0 Å². The Morgan fingerprint density at radius 1 is 0.565 bits per heavy atom. The first-order valence-corrected chi connectivity index (χ1v) is 32.4. The predicted molar refractivity (Wildman–Crippen MR) is 345 cm³/mol. The highest BCUT2D eigenvalue weighted by Gasteiger charge is 2.38. The van der Waals surface area contributed by atoms with Gasteiger partial charge in [0.05, 0.1) is 31.8 Å². The van der Waals surface area contributed by atoms with E-state index in [0.717, 1.165) is 4.90 Å². The largest absolute Gasteiger partial charge is 0.481 e. The average molecular weight is 1310 g/mol.